The van der Waals surface area contributed by atoms with Crippen molar-refractivity contribution < 1.29 is 0 Å². The minimum Gasteiger partial charge on any atom is -0.362 e. The summed E-state index contributed by atoms with van der Waals surface area (Å²) in [5.41, 5.74) is 2.43. The number of para-hydroxylation sites is 1. The Morgan fingerprint density at radius 3 is 2.52 bits per heavy atom. The highest BCUT2D eigenvalue weighted by molar-refractivity contribution is 7.98. The SMILES string of the molecule is CSc1ccccc1NC(=S)NCCCc1ccccc1. The lowest BCUT2D eigenvalue weighted by molar-refractivity contribution is 0.777. The number of aryl methyl sites for hydroxylation is 1. The molecule has 0 aromatic heterocycles. The van der Waals surface area contributed by atoms with Gasteiger partial charge in [-0.1, -0.05) is 42.5 Å². The van der Waals surface area contributed by atoms with Crippen LogP contribution in [-0.2, 0) is 6.42 Å². The summed E-state index contributed by atoms with van der Waals surface area (Å²) in [6, 6.07) is 18.7. The van der Waals surface area contributed by atoms with Crippen LogP contribution in [0.25, 0.3) is 0 Å². The first-order valence-electron chi connectivity index (χ1n) is 7.01. The predicted molar refractivity (Wildman–Crippen MR) is 97.2 cm³/mol. The van der Waals surface area contributed by atoms with Crippen LogP contribution in [0, 0.1) is 0 Å². The third kappa shape index (κ3) is 5.40. The standard InChI is InChI=1S/C17H20N2S2/c1-21-16-12-6-5-11-15(16)19-17(20)18-13-7-10-14-8-3-2-4-9-14/h2-6,8-9,11-12H,7,10,13H2,1H3,(H2,18,19,20). The first kappa shape index (κ1) is 15.9. The average molecular weight is 316 g/mol. The van der Waals surface area contributed by atoms with Gasteiger partial charge in [0.15, 0.2) is 5.11 Å². The fourth-order valence-corrected chi connectivity index (χ4v) is 2.82. The molecular weight excluding hydrogens is 296 g/mol. The van der Waals surface area contributed by atoms with Crippen LogP contribution in [0.2, 0.25) is 0 Å². The molecule has 0 spiro atoms. The van der Waals surface area contributed by atoms with Gasteiger partial charge in [-0.25, -0.2) is 0 Å². The summed E-state index contributed by atoms with van der Waals surface area (Å²) < 4.78 is 0. The van der Waals surface area contributed by atoms with E-state index in [9.17, 15) is 0 Å². The van der Waals surface area contributed by atoms with Gasteiger partial charge in [0.1, 0.15) is 0 Å². The predicted octanol–water partition coefficient (Wildman–Crippen LogP) is 4.33. The fourth-order valence-electron chi connectivity index (χ4n) is 2.05. The van der Waals surface area contributed by atoms with Gasteiger partial charge in [-0.3, -0.25) is 0 Å². The van der Waals surface area contributed by atoms with E-state index in [0.717, 1.165) is 25.1 Å². The van der Waals surface area contributed by atoms with Gasteiger partial charge in [-0.05, 0) is 49.0 Å². The topological polar surface area (TPSA) is 24.1 Å². The highest BCUT2D eigenvalue weighted by Gasteiger charge is 2.02. The molecule has 0 amide bonds. The average Bonchev–Trinajstić information content (AvgIpc) is 2.53. The number of hydrogen-bond donors (Lipinski definition) is 2. The Labute approximate surface area is 136 Å². The Hall–Kier alpha value is -1.52. The smallest absolute Gasteiger partial charge is 0.170 e. The molecule has 0 atom stereocenters. The lowest BCUT2D eigenvalue weighted by Gasteiger charge is -2.13. The molecule has 110 valence electrons. The molecule has 2 rings (SSSR count). The molecular formula is C17H20N2S2. The van der Waals surface area contributed by atoms with E-state index >= 15 is 0 Å². The number of rotatable bonds is 6. The highest BCUT2D eigenvalue weighted by atomic mass is 32.2. The lowest BCUT2D eigenvalue weighted by Crippen LogP contribution is -2.29. The lowest BCUT2D eigenvalue weighted by atomic mass is 10.1. The van der Waals surface area contributed by atoms with Crippen LogP contribution in [0.5, 0.6) is 0 Å². The summed E-state index contributed by atoms with van der Waals surface area (Å²) in [7, 11) is 0. The number of thiocarbonyl (C=S) groups is 1. The van der Waals surface area contributed by atoms with E-state index in [1.807, 2.05) is 24.3 Å². The number of hydrogen-bond acceptors (Lipinski definition) is 2. The molecule has 0 aliphatic rings. The monoisotopic (exact) mass is 316 g/mol. The van der Waals surface area contributed by atoms with Crippen LogP contribution >= 0.6 is 24.0 Å². The molecule has 0 aliphatic heterocycles. The molecule has 0 heterocycles. The van der Waals surface area contributed by atoms with Crippen LogP contribution < -0.4 is 10.6 Å². The van der Waals surface area contributed by atoms with Crippen molar-refractivity contribution in [3.8, 4) is 0 Å². The van der Waals surface area contributed by atoms with Gasteiger partial charge in [0.25, 0.3) is 0 Å². The van der Waals surface area contributed by atoms with E-state index in [-0.39, 0.29) is 0 Å². The summed E-state index contributed by atoms with van der Waals surface area (Å²) >= 11 is 7.06. The van der Waals surface area contributed by atoms with Crippen molar-refractivity contribution in [3.63, 3.8) is 0 Å². The van der Waals surface area contributed by atoms with E-state index in [2.05, 4.69) is 47.2 Å². The normalized spacial score (nSPS) is 10.1. The Kier molecular flexibility index (Phi) is 6.57. The zero-order chi connectivity index (χ0) is 14.9. The summed E-state index contributed by atoms with van der Waals surface area (Å²) in [5, 5.41) is 7.21. The van der Waals surface area contributed by atoms with E-state index in [1.54, 1.807) is 11.8 Å². The number of thioether (sulfide) groups is 1. The van der Waals surface area contributed by atoms with Crippen molar-refractivity contribution >= 4 is 34.8 Å². The second kappa shape index (κ2) is 8.70. The minimum atomic E-state index is 0.685. The van der Waals surface area contributed by atoms with Crippen molar-refractivity contribution in [2.45, 2.75) is 17.7 Å². The van der Waals surface area contributed by atoms with Crippen LogP contribution in [0.4, 0.5) is 5.69 Å². The Balaban J connectivity index is 1.72. The molecule has 4 heteroatoms. The quantitative estimate of drug-likeness (QED) is 0.471. The van der Waals surface area contributed by atoms with Gasteiger partial charge in [-0.15, -0.1) is 11.8 Å². The first-order chi connectivity index (χ1) is 10.3. The van der Waals surface area contributed by atoms with Gasteiger partial charge in [0.05, 0.1) is 5.69 Å². The van der Waals surface area contributed by atoms with Crippen molar-refractivity contribution in [2.24, 2.45) is 0 Å². The molecule has 2 aromatic rings. The molecule has 0 bridgehead atoms. The van der Waals surface area contributed by atoms with Gasteiger partial charge >= 0.3 is 0 Å². The molecule has 2 N–H and O–H groups in total. The molecule has 0 saturated heterocycles. The summed E-state index contributed by atoms with van der Waals surface area (Å²) in [6.45, 7) is 0.877. The molecule has 0 unspecified atom stereocenters. The zero-order valence-electron chi connectivity index (χ0n) is 12.1. The van der Waals surface area contributed by atoms with Gasteiger partial charge in [0.2, 0.25) is 0 Å². The Bertz CT molecular complexity index is 570. The highest BCUT2D eigenvalue weighted by Crippen LogP contribution is 2.24. The second-order valence-electron chi connectivity index (χ2n) is 4.67. The Morgan fingerprint density at radius 2 is 1.76 bits per heavy atom. The molecule has 2 nitrogen and oxygen atoms in total. The minimum absolute atomic E-state index is 0.685. The van der Waals surface area contributed by atoms with Gasteiger partial charge < -0.3 is 10.6 Å². The first-order valence-corrected chi connectivity index (χ1v) is 8.64. The van der Waals surface area contributed by atoms with Crippen LogP contribution in [0.1, 0.15) is 12.0 Å². The van der Waals surface area contributed by atoms with Crippen molar-refractivity contribution in [1.82, 2.24) is 5.32 Å². The van der Waals surface area contributed by atoms with Gasteiger partial charge in [0, 0.05) is 11.4 Å². The van der Waals surface area contributed by atoms with Crippen molar-refractivity contribution in [3.05, 3.63) is 60.2 Å². The molecule has 0 aliphatic carbocycles. The molecule has 0 radical (unpaired) electrons. The zero-order valence-corrected chi connectivity index (χ0v) is 13.8. The maximum Gasteiger partial charge on any atom is 0.170 e. The maximum atomic E-state index is 5.34. The largest absolute Gasteiger partial charge is 0.362 e. The van der Waals surface area contributed by atoms with Gasteiger partial charge in [-0.2, -0.15) is 0 Å². The fraction of sp³-hybridized carbons (Fsp3) is 0.235. The van der Waals surface area contributed by atoms with Crippen molar-refractivity contribution in [1.29, 1.82) is 0 Å². The van der Waals surface area contributed by atoms with E-state index in [1.165, 1.54) is 10.5 Å². The summed E-state index contributed by atoms with van der Waals surface area (Å²) in [6.07, 6.45) is 4.20. The summed E-state index contributed by atoms with van der Waals surface area (Å²) in [4.78, 5) is 1.20. The molecule has 21 heavy (non-hydrogen) atoms. The molecule has 2 aromatic carbocycles. The molecule has 0 fully saturated rings. The number of benzene rings is 2. The van der Waals surface area contributed by atoms with E-state index in [4.69, 9.17) is 12.2 Å². The maximum absolute atomic E-state index is 5.34. The Morgan fingerprint density at radius 1 is 1.05 bits per heavy atom. The number of anilines is 1. The second-order valence-corrected chi connectivity index (χ2v) is 5.93. The third-order valence-electron chi connectivity index (χ3n) is 3.13. The van der Waals surface area contributed by atoms with Crippen molar-refractivity contribution in [2.75, 3.05) is 18.1 Å². The van der Waals surface area contributed by atoms with E-state index in [0.29, 0.717) is 5.11 Å². The van der Waals surface area contributed by atoms with Crippen LogP contribution in [-0.4, -0.2) is 17.9 Å². The molecule has 0 saturated carbocycles. The van der Waals surface area contributed by atoms with Crippen LogP contribution in [0.3, 0.4) is 0 Å². The van der Waals surface area contributed by atoms with Crippen LogP contribution in [0.15, 0.2) is 59.5 Å². The van der Waals surface area contributed by atoms with E-state index < -0.39 is 0 Å². The number of nitrogens with one attached hydrogen (secondary N) is 2. The third-order valence-corrected chi connectivity index (χ3v) is 4.17. The summed E-state index contributed by atoms with van der Waals surface area (Å²) in [5.74, 6) is 0.